The van der Waals surface area contributed by atoms with Gasteiger partial charge in [0.25, 0.3) is 0 Å². The summed E-state index contributed by atoms with van der Waals surface area (Å²) in [6.45, 7) is 1.83. The molecule has 0 aromatic heterocycles. The third-order valence-electron chi connectivity index (χ3n) is 2.12. The van der Waals surface area contributed by atoms with Crippen LogP contribution < -0.4 is 0 Å². The molecule has 0 spiro atoms. The fourth-order valence-electron chi connectivity index (χ4n) is 1.37. The first-order chi connectivity index (χ1) is 7.08. The van der Waals surface area contributed by atoms with Gasteiger partial charge in [-0.05, 0) is 30.2 Å². The first-order valence-corrected chi connectivity index (χ1v) is 5.18. The Bertz CT molecular complexity index is 399. The Hall–Kier alpha value is -1.16. The van der Waals surface area contributed by atoms with Crippen LogP contribution in [0.3, 0.4) is 0 Å². The zero-order chi connectivity index (χ0) is 11.4. The number of hydrogen-bond acceptors (Lipinski definition) is 3. The number of methoxy groups -OCH3 is 1. The van der Waals surface area contributed by atoms with E-state index < -0.39 is 0 Å². The van der Waals surface area contributed by atoms with Gasteiger partial charge in [-0.25, -0.2) is 0 Å². The van der Waals surface area contributed by atoms with Crippen LogP contribution in [-0.4, -0.2) is 19.4 Å². The van der Waals surface area contributed by atoms with Gasteiger partial charge in [-0.2, -0.15) is 0 Å². The first-order valence-electron chi connectivity index (χ1n) is 4.39. The summed E-state index contributed by atoms with van der Waals surface area (Å²) in [4.78, 5) is 22.0. The Labute approximate surface area is 96.6 Å². The Balaban J connectivity index is 3.14. The Morgan fingerprint density at radius 1 is 1.53 bits per heavy atom. The second-order valence-corrected chi connectivity index (χ2v) is 4.08. The molecule has 0 aliphatic heterocycles. The van der Waals surface area contributed by atoms with Crippen LogP contribution in [0.15, 0.2) is 16.6 Å². The van der Waals surface area contributed by atoms with Crippen molar-refractivity contribution in [3.05, 3.63) is 33.3 Å². The van der Waals surface area contributed by atoms with Gasteiger partial charge in [-0.15, -0.1) is 0 Å². The lowest BCUT2D eigenvalue weighted by molar-refractivity contribution is -0.139. The molecular weight excluding hydrogens is 260 g/mol. The zero-order valence-electron chi connectivity index (χ0n) is 8.54. The number of benzene rings is 1. The molecule has 0 N–H and O–H groups in total. The van der Waals surface area contributed by atoms with Crippen LogP contribution in [0.5, 0.6) is 0 Å². The minimum atomic E-state index is -0.351. The van der Waals surface area contributed by atoms with Gasteiger partial charge in [-0.3, -0.25) is 9.59 Å². The highest BCUT2D eigenvalue weighted by Crippen LogP contribution is 2.20. The summed E-state index contributed by atoms with van der Waals surface area (Å²) >= 11 is 3.32. The lowest BCUT2D eigenvalue weighted by Gasteiger charge is -2.07. The highest BCUT2D eigenvalue weighted by atomic mass is 79.9. The summed E-state index contributed by atoms with van der Waals surface area (Å²) in [5, 5.41) is 0. The molecule has 0 atom stereocenters. The maximum absolute atomic E-state index is 11.1. The van der Waals surface area contributed by atoms with Crippen molar-refractivity contribution in [2.75, 3.05) is 7.11 Å². The molecule has 15 heavy (non-hydrogen) atoms. The smallest absolute Gasteiger partial charge is 0.310 e. The molecule has 1 aromatic rings. The molecule has 0 bridgehead atoms. The normalized spacial score (nSPS) is 9.80. The highest BCUT2D eigenvalue weighted by molar-refractivity contribution is 9.10. The predicted octanol–water partition coefficient (Wildman–Crippen LogP) is 2.29. The maximum Gasteiger partial charge on any atom is 0.310 e. The highest BCUT2D eigenvalue weighted by Gasteiger charge is 2.10. The van der Waals surface area contributed by atoms with Gasteiger partial charge in [0.1, 0.15) is 0 Å². The van der Waals surface area contributed by atoms with Crippen molar-refractivity contribution in [3.63, 3.8) is 0 Å². The summed E-state index contributed by atoms with van der Waals surface area (Å²) in [7, 11) is 1.33. The number of aryl methyl sites for hydroxylation is 1. The monoisotopic (exact) mass is 270 g/mol. The van der Waals surface area contributed by atoms with Gasteiger partial charge < -0.3 is 4.74 Å². The fourth-order valence-corrected chi connectivity index (χ4v) is 1.99. The second kappa shape index (κ2) is 5.07. The van der Waals surface area contributed by atoms with Gasteiger partial charge in [0, 0.05) is 10.0 Å². The van der Waals surface area contributed by atoms with E-state index in [1.165, 1.54) is 7.11 Å². The molecule has 0 amide bonds. The molecule has 3 nitrogen and oxygen atoms in total. The molecule has 4 heteroatoms. The third-order valence-corrected chi connectivity index (χ3v) is 2.58. The van der Waals surface area contributed by atoms with Crippen LogP contribution in [0.2, 0.25) is 0 Å². The van der Waals surface area contributed by atoms with E-state index in [1.54, 1.807) is 6.07 Å². The number of aldehydes is 1. The van der Waals surface area contributed by atoms with Crippen molar-refractivity contribution in [3.8, 4) is 0 Å². The van der Waals surface area contributed by atoms with E-state index in [4.69, 9.17) is 0 Å². The van der Waals surface area contributed by atoms with Gasteiger partial charge in [0.2, 0.25) is 0 Å². The van der Waals surface area contributed by atoms with E-state index in [0.717, 1.165) is 16.3 Å². The maximum atomic E-state index is 11.1. The summed E-state index contributed by atoms with van der Waals surface area (Å²) < 4.78 is 5.41. The van der Waals surface area contributed by atoms with E-state index in [2.05, 4.69) is 20.7 Å². The topological polar surface area (TPSA) is 43.4 Å². The van der Waals surface area contributed by atoms with Crippen molar-refractivity contribution in [2.24, 2.45) is 0 Å². The predicted molar refractivity (Wildman–Crippen MR) is 60.0 cm³/mol. The minimum absolute atomic E-state index is 0.116. The number of carbonyl (C=O) groups excluding carboxylic acids is 2. The summed E-state index contributed by atoms with van der Waals surface area (Å²) in [5.74, 6) is -0.351. The molecular formula is C11H11BrO3. The molecule has 0 aliphatic carbocycles. The van der Waals surface area contributed by atoms with Crippen LogP contribution in [0.25, 0.3) is 0 Å². The van der Waals surface area contributed by atoms with Gasteiger partial charge >= 0.3 is 5.97 Å². The fraction of sp³-hybridized carbons (Fsp3) is 0.273. The Kier molecular flexibility index (Phi) is 4.03. The number of esters is 1. The summed E-state index contributed by atoms with van der Waals surface area (Å²) in [5.41, 5.74) is 2.09. The van der Waals surface area contributed by atoms with E-state index in [0.29, 0.717) is 11.1 Å². The summed E-state index contributed by atoms with van der Waals surface area (Å²) in [6, 6.07) is 3.60. The van der Waals surface area contributed by atoms with E-state index >= 15 is 0 Å². The average molecular weight is 271 g/mol. The molecule has 0 unspecified atom stereocenters. The molecule has 0 saturated heterocycles. The molecule has 80 valence electrons. The molecule has 0 aliphatic rings. The van der Waals surface area contributed by atoms with Gasteiger partial charge in [-0.1, -0.05) is 15.9 Å². The van der Waals surface area contributed by atoms with Crippen molar-refractivity contribution in [2.45, 2.75) is 13.3 Å². The minimum Gasteiger partial charge on any atom is -0.469 e. The number of rotatable bonds is 3. The van der Waals surface area contributed by atoms with Crippen molar-refractivity contribution >= 4 is 28.2 Å². The number of carbonyl (C=O) groups is 2. The quantitative estimate of drug-likeness (QED) is 0.625. The van der Waals surface area contributed by atoms with Crippen molar-refractivity contribution in [1.82, 2.24) is 0 Å². The standard InChI is InChI=1S/C11H11BrO3/c1-7-3-9(12)4-8(10(7)6-13)5-11(14)15-2/h3-4,6H,5H2,1-2H3. The van der Waals surface area contributed by atoms with Crippen molar-refractivity contribution in [1.29, 1.82) is 0 Å². The van der Waals surface area contributed by atoms with Crippen LogP contribution in [-0.2, 0) is 16.0 Å². The van der Waals surface area contributed by atoms with E-state index in [1.807, 2.05) is 13.0 Å². The number of ether oxygens (including phenoxy) is 1. The Morgan fingerprint density at radius 3 is 2.73 bits per heavy atom. The van der Waals surface area contributed by atoms with Crippen LogP contribution >= 0.6 is 15.9 Å². The largest absolute Gasteiger partial charge is 0.469 e. The number of hydrogen-bond donors (Lipinski definition) is 0. The third kappa shape index (κ3) is 2.89. The van der Waals surface area contributed by atoms with Crippen molar-refractivity contribution < 1.29 is 14.3 Å². The number of halogens is 1. The zero-order valence-corrected chi connectivity index (χ0v) is 10.1. The lowest BCUT2D eigenvalue weighted by atomic mass is 10.0. The SMILES string of the molecule is COC(=O)Cc1cc(Br)cc(C)c1C=O. The molecule has 0 fully saturated rings. The van der Waals surface area contributed by atoms with Gasteiger partial charge in [0.05, 0.1) is 13.5 Å². The molecule has 1 aromatic carbocycles. The van der Waals surface area contributed by atoms with Crippen LogP contribution in [0, 0.1) is 6.92 Å². The van der Waals surface area contributed by atoms with E-state index in [-0.39, 0.29) is 12.4 Å². The first kappa shape index (κ1) is 11.9. The molecule has 0 saturated carbocycles. The van der Waals surface area contributed by atoms with E-state index in [9.17, 15) is 9.59 Å². The molecule has 0 radical (unpaired) electrons. The van der Waals surface area contributed by atoms with Gasteiger partial charge in [0.15, 0.2) is 6.29 Å². The molecule has 1 rings (SSSR count). The lowest BCUT2D eigenvalue weighted by Crippen LogP contribution is -2.07. The average Bonchev–Trinajstić information content (AvgIpc) is 2.17. The second-order valence-electron chi connectivity index (χ2n) is 3.17. The molecule has 0 heterocycles. The summed E-state index contributed by atoms with van der Waals surface area (Å²) in [6.07, 6.45) is 0.880. The van der Waals surface area contributed by atoms with Crippen LogP contribution in [0.4, 0.5) is 0 Å². The van der Waals surface area contributed by atoms with Crippen LogP contribution in [0.1, 0.15) is 21.5 Å². The Morgan fingerprint density at radius 2 is 2.20 bits per heavy atom.